The highest BCUT2D eigenvalue weighted by atomic mass is 19.4. The molecule has 1 aromatic carbocycles. The summed E-state index contributed by atoms with van der Waals surface area (Å²) in [6.45, 7) is 9.10. The molecule has 0 bridgehead atoms. The lowest BCUT2D eigenvalue weighted by Crippen LogP contribution is -2.49. The predicted molar refractivity (Wildman–Crippen MR) is 144 cm³/mol. The molecule has 1 aliphatic heterocycles. The Morgan fingerprint density at radius 3 is 2.38 bits per heavy atom. The Balaban J connectivity index is 1.27. The molecule has 4 rings (SSSR count). The van der Waals surface area contributed by atoms with Crippen LogP contribution in [0.4, 0.5) is 24.5 Å². The quantitative estimate of drug-likeness (QED) is 0.492. The maximum atomic E-state index is 13.3. The van der Waals surface area contributed by atoms with Crippen LogP contribution in [-0.2, 0) is 11.0 Å². The number of hydrogen-bond donors (Lipinski definition) is 1. The van der Waals surface area contributed by atoms with Gasteiger partial charge in [0.2, 0.25) is 11.8 Å². The van der Waals surface area contributed by atoms with Gasteiger partial charge in [-0.1, -0.05) is 20.8 Å². The number of anilines is 2. The van der Waals surface area contributed by atoms with E-state index >= 15 is 0 Å². The third-order valence-electron chi connectivity index (χ3n) is 7.18. The number of aromatic nitrogens is 1. The summed E-state index contributed by atoms with van der Waals surface area (Å²) in [5.41, 5.74) is 0.0487. The number of halogens is 3. The molecule has 0 radical (unpaired) electrons. The highest BCUT2D eigenvalue weighted by molar-refractivity contribution is 5.77. The Morgan fingerprint density at radius 1 is 1.08 bits per heavy atom. The van der Waals surface area contributed by atoms with Crippen LogP contribution >= 0.6 is 0 Å². The Morgan fingerprint density at radius 2 is 1.77 bits per heavy atom. The van der Waals surface area contributed by atoms with Crippen molar-refractivity contribution < 1.29 is 22.7 Å². The van der Waals surface area contributed by atoms with Crippen molar-refractivity contribution in [2.45, 2.75) is 71.2 Å². The first-order chi connectivity index (χ1) is 18.4. The van der Waals surface area contributed by atoms with E-state index < -0.39 is 11.7 Å². The van der Waals surface area contributed by atoms with Gasteiger partial charge in [0.05, 0.1) is 17.2 Å². The van der Waals surface area contributed by atoms with E-state index in [9.17, 15) is 18.0 Å². The Kier molecular flexibility index (Phi) is 8.57. The Labute approximate surface area is 227 Å². The average Bonchev–Trinajstić information content (AvgIpc) is 2.88. The largest absolute Gasteiger partial charge is 0.474 e. The summed E-state index contributed by atoms with van der Waals surface area (Å²) < 4.78 is 46.0. The number of benzene rings is 1. The fraction of sp³-hybridized carbons (Fsp3) is 0.552. The third kappa shape index (κ3) is 7.78. The zero-order valence-electron chi connectivity index (χ0n) is 22.7. The maximum absolute atomic E-state index is 13.3. The monoisotopic (exact) mass is 543 g/mol. The van der Waals surface area contributed by atoms with Gasteiger partial charge in [0.1, 0.15) is 6.10 Å². The maximum Gasteiger partial charge on any atom is 0.417 e. The predicted octanol–water partition coefficient (Wildman–Crippen LogP) is 5.86. The van der Waals surface area contributed by atoms with Gasteiger partial charge in [0.15, 0.2) is 0 Å². The minimum atomic E-state index is -4.58. The number of hydrogen-bond acceptors (Lipinski definition) is 6. The second-order valence-corrected chi connectivity index (χ2v) is 11.6. The Hall–Kier alpha value is -3.48. The van der Waals surface area contributed by atoms with E-state index in [1.165, 1.54) is 12.1 Å². The summed E-state index contributed by atoms with van der Waals surface area (Å²) in [7, 11) is 0. The molecule has 0 unspecified atom stereocenters. The summed E-state index contributed by atoms with van der Waals surface area (Å²) in [5, 5.41) is 12.2. The zero-order chi connectivity index (χ0) is 28.2. The van der Waals surface area contributed by atoms with E-state index in [0.29, 0.717) is 31.1 Å². The highest BCUT2D eigenvalue weighted by Gasteiger charge is 2.34. The number of pyridine rings is 1. The van der Waals surface area contributed by atoms with Crippen molar-refractivity contribution in [3.05, 3.63) is 47.7 Å². The molecule has 10 heteroatoms. The topological polar surface area (TPSA) is 81.5 Å². The number of nitrogens with zero attached hydrogens (tertiary/aromatic N) is 4. The molecule has 7 nitrogen and oxygen atoms in total. The number of piperazine rings is 1. The smallest absolute Gasteiger partial charge is 0.417 e. The van der Waals surface area contributed by atoms with Crippen LogP contribution in [0, 0.1) is 16.7 Å². The standard InChI is InChI=1S/C29H36F3N5O2/c1-28(2,3)18-27(38)37-14-12-36(13-15-37)23-10-11-34-26(17-23)39-24-8-6-21(7-9-24)35-22-5-4-20(19-33)25(16-22)29(30,31)32/h4-5,10-11,16-17,21,24,35H,6-9,12-15,18H2,1-3H3. The summed E-state index contributed by atoms with van der Waals surface area (Å²) in [4.78, 5) is 21.1. The fourth-order valence-corrected chi connectivity index (χ4v) is 5.14. The van der Waals surface area contributed by atoms with Crippen LogP contribution in [0.25, 0.3) is 0 Å². The van der Waals surface area contributed by atoms with Crippen LogP contribution in [0.2, 0.25) is 0 Å². The van der Waals surface area contributed by atoms with E-state index in [-0.39, 0.29) is 29.0 Å². The molecule has 2 heterocycles. The van der Waals surface area contributed by atoms with E-state index in [0.717, 1.165) is 50.5 Å². The number of nitrogens with one attached hydrogen (secondary N) is 1. The number of alkyl halides is 3. The Bertz CT molecular complexity index is 1190. The molecular weight excluding hydrogens is 507 g/mol. The van der Waals surface area contributed by atoms with Crippen LogP contribution in [-0.4, -0.2) is 54.1 Å². The second-order valence-electron chi connectivity index (χ2n) is 11.6. The number of carbonyl (C=O) groups is 1. The number of amides is 1. The molecule has 1 saturated carbocycles. The van der Waals surface area contributed by atoms with Gasteiger partial charge in [-0.2, -0.15) is 18.4 Å². The molecule has 210 valence electrons. The number of rotatable bonds is 6. The molecule has 1 aliphatic carbocycles. The molecule has 1 N–H and O–H groups in total. The van der Waals surface area contributed by atoms with Gasteiger partial charge >= 0.3 is 6.18 Å². The van der Waals surface area contributed by atoms with E-state index in [1.807, 2.05) is 17.0 Å². The highest BCUT2D eigenvalue weighted by Crippen LogP contribution is 2.34. The normalized spacial score (nSPS) is 20.3. The minimum Gasteiger partial charge on any atom is -0.474 e. The molecule has 0 spiro atoms. The second kappa shape index (κ2) is 11.7. The van der Waals surface area contributed by atoms with E-state index in [2.05, 4.69) is 36.0 Å². The first-order valence-corrected chi connectivity index (χ1v) is 13.4. The van der Waals surface area contributed by atoms with Crippen LogP contribution in [0.15, 0.2) is 36.5 Å². The molecule has 1 saturated heterocycles. The van der Waals surface area contributed by atoms with Gasteiger partial charge in [-0.25, -0.2) is 4.98 Å². The summed E-state index contributed by atoms with van der Waals surface area (Å²) >= 11 is 0. The van der Waals surface area contributed by atoms with Crippen molar-refractivity contribution in [1.29, 1.82) is 5.26 Å². The van der Waals surface area contributed by atoms with Crippen LogP contribution in [0.1, 0.15) is 64.0 Å². The van der Waals surface area contributed by atoms with Crippen molar-refractivity contribution in [1.82, 2.24) is 9.88 Å². The lowest BCUT2D eigenvalue weighted by molar-refractivity contribution is -0.137. The number of nitriles is 1. The molecule has 2 aliphatic rings. The molecule has 2 fully saturated rings. The van der Waals surface area contributed by atoms with Crippen molar-refractivity contribution >= 4 is 17.3 Å². The first-order valence-electron chi connectivity index (χ1n) is 13.4. The van der Waals surface area contributed by atoms with Crippen molar-refractivity contribution in [3.63, 3.8) is 0 Å². The van der Waals surface area contributed by atoms with Gasteiger partial charge in [-0.15, -0.1) is 0 Å². The van der Waals surface area contributed by atoms with Crippen LogP contribution < -0.4 is 15.0 Å². The average molecular weight is 544 g/mol. The van der Waals surface area contributed by atoms with Gasteiger partial charge in [0, 0.05) is 62.3 Å². The lowest BCUT2D eigenvalue weighted by atomic mass is 9.91. The van der Waals surface area contributed by atoms with Gasteiger partial charge < -0.3 is 19.9 Å². The molecule has 1 amide bonds. The summed E-state index contributed by atoms with van der Waals surface area (Å²) in [6, 6.07) is 9.26. The molecule has 2 aromatic rings. The van der Waals surface area contributed by atoms with Crippen molar-refractivity contribution in [3.8, 4) is 11.9 Å². The third-order valence-corrected chi connectivity index (χ3v) is 7.18. The SMILES string of the molecule is CC(C)(C)CC(=O)N1CCN(c2ccnc(OC3CCC(Nc4ccc(C#N)c(C(F)(F)F)c4)CC3)c2)CC1. The van der Waals surface area contributed by atoms with E-state index in [1.54, 1.807) is 12.3 Å². The number of carbonyl (C=O) groups excluding carboxylic acids is 1. The fourth-order valence-electron chi connectivity index (χ4n) is 5.14. The zero-order valence-corrected chi connectivity index (χ0v) is 22.7. The molecular formula is C29H36F3N5O2. The lowest BCUT2D eigenvalue weighted by Gasteiger charge is -2.37. The van der Waals surface area contributed by atoms with Gasteiger partial charge in [-0.3, -0.25) is 4.79 Å². The van der Waals surface area contributed by atoms with Gasteiger partial charge in [0.25, 0.3) is 0 Å². The number of ether oxygens (including phenoxy) is 1. The van der Waals surface area contributed by atoms with E-state index in [4.69, 9.17) is 10.00 Å². The van der Waals surface area contributed by atoms with Crippen molar-refractivity contribution in [2.75, 3.05) is 36.4 Å². The summed E-state index contributed by atoms with van der Waals surface area (Å²) in [5.74, 6) is 0.753. The molecule has 0 atom stereocenters. The molecule has 1 aromatic heterocycles. The molecule has 39 heavy (non-hydrogen) atoms. The van der Waals surface area contributed by atoms with Crippen LogP contribution in [0.3, 0.4) is 0 Å². The minimum absolute atomic E-state index is 0.0236. The van der Waals surface area contributed by atoms with Crippen LogP contribution in [0.5, 0.6) is 5.88 Å². The van der Waals surface area contributed by atoms with Crippen molar-refractivity contribution in [2.24, 2.45) is 5.41 Å². The first kappa shape index (κ1) is 28.5. The van der Waals surface area contributed by atoms with Gasteiger partial charge in [-0.05, 0) is 55.4 Å². The summed E-state index contributed by atoms with van der Waals surface area (Å²) in [6.07, 6.45) is 0.670.